The van der Waals surface area contributed by atoms with Gasteiger partial charge in [-0.15, -0.1) is 0 Å². The molecular weight excluding hydrogens is 231 g/mol. The Balaban J connectivity index is 2.22. The van der Waals surface area contributed by atoms with Crippen LogP contribution in [0.4, 0.5) is 4.39 Å². The minimum absolute atomic E-state index is 0.249. The summed E-state index contributed by atoms with van der Waals surface area (Å²) < 4.78 is 14.2. The standard InChI is InChI=1S/C13H19FN4/c1-17(2)12-8-13(11(14)7-10(12)9-15)18-5-3-16-4-6-18/h7-8,11,13,16H,3-6H2,1-2H3. The SMILES string of the molecule is CN(C)C1=CC(N2CCNCC2)C(F)C=C1C#N. The van der Waals surface area contributed by atoms with Crippen LogP contribution in [0.15, 0.2) is 23.4 Å². The van der Waals surface area contributed by atoms with Crippen molar-refractivity contribution >= 4 is 0 Å². The second-order valence-electron chi connectivity index (χ2n) is 4.86. The highest BCUT2D eigenvalue weighted by Gasteiger charge is 2.30. The van der Waals surface area contributed by atoms with Crippen LogP contribution >= 0.6 is 0 Å². The third-order valence-electron chi connectivity index (χ3n) is 3.43. The number of piperazine rings is 1. The first-order valence-electron chi connectivity index (χ1n) is 6.23. The van der Waals surface area contributed by atoms with E-state index >= 15 is 0 Å². The fraction of sp³-hybridized carbons (Fsp3) is 0.615. The van der Waals surface area contributed by atoms with Gasteiger partial charge in [0.05, 0.1) is 17.3 Å². The Kier molecular flexibility index (Phi) is 4.00. The van der Waals surface area contributed by atoms with Gasteiger partial charge in [0.1, 0.15) is 12.2 Å². The summed E-state index contributed by atoms with van der Waals surface area (Å²) in [6.07, 6.45) is 2.23. The normalized spacial score (nSPS) is 29.2. The molecule has 0 spiro atoms. The van der Waals surface area contributed by atoms with Crippen LogP contribution in [0.3, 0.4) is 0 Å². The number of hydrogen-bond acceptors (Lipinski definition) is 4. The zero-order valence-corrected chi connectivity index (χ0v) is 10.9. The second-order valence-corrected chi connectivity index (χ2v) is 4.86. The van der Waals surface area contributed by atoms with Crippen LogP contribution in [0.5, 0.6) is 0 Å². The average Bonchev–Trinajstić information content (AvgIpc) is 2.39. The maximum atomic E-state index is 14.2. The van der Waals surface area contributed by atoms with Gasteiger partial charge in [0.2, 0.25) is 0 Å². The summed E-state index contributed by atoms with van der Waals surface area (Å²) in [5.74, 6) is 0. The van der Waals surface area contributed by atoms with Gasteiger partial charge >= 0.3 is 0 Å². The van der Waals surface area contributed by atoms with E-state index in [-0.39, 0.29) is 6.04 Å². The van der Waals surface area contributed by atoms with Gasteiger partial charge in [0.25, 0.3) is 0 Å². The zero-order valence-electron chi connectivity index (χ0n) is 10.9. The largest absolute Gasteiger partial charge is 0.377 e. The van der Waals surface area contributed by atoms with Crippen molar-refractivity contribution in [2.45, 2.75) is 12.2 Å². The minimum atomic E-state index is -1.10. The zero-order chi connectivity index (χ0) is 13.1. The third-order valence-corrected chi connectivity index (χ3v) is 3.43. The van der Waals surface area contributed by atoms with E-state index in [2.05, 4.69) is 16.3 Å². The first-order valence-corrected chi connectivity index (χ1v) is 6.23. The van der Waals surface area contributed by atoms with Crippen molar-refractivity contribution < 1.29 is 4.39 Å². The Hall–Kier alpha value is -1.38. The summed E-state index contributed by atoms with van der Waals surface area (Å²) in [5.41, 5.74) is 1.24. The van der Waals surface area contributed by atoms with Gasteiger partial charge in [-0.1, -0.05) is 0 Å². The number of likely N-dealkylation sites (N-methyl/N-ethyl adjacent to an activating group) is 1. The molecule has 1 aliphatic carbocycles. The predicted molar refractivity (Wildman–Crippen MR) is 68.6 cm³/mol. The lowest BCUT2D eigenvalue weighted by Gasteiger charge is -2.37. The number of alkyl halides is 1. The lowest BCUT2D eigenvalue weighted by molar-refractivity contribution is 0.145. The highest BCUT2D eigenvalue weighted by atomic mass is 19.1. The molecular formula is C13H19FN4. The van der Waals surface area contributed by atoms with Gasteiger partial charge in [0, 0.05) is 40.3 Å². The molecule has 0 aromatic carbocycles. The molecule has 0 aromatic rings. The van der Waals surface area contributed by atoms with Crippen LogP contribution in [0.1, 0.15) is 0 Å². The van der Waals surface area contributed by atoms with E-state index in [4.69, 9.17) is 5.26 Å². The molecule has 2 atom stereocenters. The maximum absolute atomic E-state index is 14.2. The van der Waals surface area contributed by atoms with Crippen molar-refractivity contribution in [2.24, 2.45) is 0 Å². The molecule has 0 saturated carbocycles. The first kappa shape index (κ1) is 13.1. The molecule has 0 aromatic heterocycles. The van der Waals surface area contributed by atoms with Gasteiger partial charge in [-0.25, -0.2) is 4.39 Å². The van der Waals surface area contributed by atoms with Gasteiger partial charge in [0.15, 0.2) is 0 Å². The molecule has 18 heavy (non-hydrogen) atoms. The lowest BCUT2D eigenvalue weighted by atomic mass is 9.96. The predicted octanol–water partition coefficient (Wildman–Crippen LogP) is 0.507. The van der Waals surface area contributed by atoms with Crippen molar-refractivity contribution in [3.05, 3.63) is 23.4 Å². The van der Waals surface area contributed by atoms with E-state index in [1.807, 2.05) is 25.1 Å². The monoisotopic (exact) mass is 250 g/mol. The molecule has 1 N–H and O–H groups in total. The van der Waals surface area contributed by atoms with E-state index in [0.717, 1.165) is 31.9 Å². The summed E-state index contributed by atoms with van der Waals surface area (Å²) in [5, 5.41) is 12.3. The third kappa shape index (κ3) is 2.55. The van der Waals surface area contributed by atoms with Gasteiger partial charge in [-0.05, 0) is 12.2 Å². The minimum Gasteiger partial charge on any atom is -0.377 e. The molecule has 1 heterocycles. The number of nitrogens with zero attached hydrogens (tertiary/aromatic N) is 3. The summed E-state index contributed by atoms with van der Waals surface area (Å²) in [4.78, 5) is 4.01. The molecule has 1 fully saturated rings. The van der Waals surface area contributed by atoms with Gasteiger partial charge < -0.3 is 10.2 Å². The molecule has 0 radical (unpaired) electrons. The quantitative estimate of drug-likeness (QED) is 0.775. The number of nitrogens with one attached hydrogen (secondary N) is 1. The number of halogens is 1. The summed E-state index contributed by atoms with van der Waals surface area (Å²) in [7, 11) is 3.76. The van der Waals surface area contributed by atoms with E-state index in [1.54, 1.807) is 0 Å². The Morgan fingerprint density at radius 2 is 2.06 bits per heavy atom. The molecule has 5 heteroatoms. The Labute approximate surface area is 107 Å². The number of nitriles is 1. The molecule has 1 aliphatic heterocycles. The van der Waals surface area contributed by atoms with Crippen molar-refractivity contribution in [2.75, 3.05) is 40.3 Å². The highest BCUT2D eigenvalue weighted by Crippen LogP contribution is 2.25. The van der Waals surface area contributed by atoms with Crippen LogP contribution < -0.4 is 5.32 Å². The van der Waals surface area contributed by atoms with Gasteiger partial charge in [-0.3, -0.25) is 4.90 Å². The fourth-order valence-corrected chi connectivity index (χ4v) is 2.46. The number of rotatable bonds is 2. The summed E-state index contributed by atoms with van der Waals surface area (Å²) in [6.45, 7) is 3.47. The molecule has 1 saturated heterocycles. The Bertz CT molecular complexity index is 402. The van der Waals surface area contributed by atoms with E-state index in [9.17, 15) is 4.39 Å². The lowest BCUT2D eigenvalue weighted by Crippen LogP contribution is -2.51. The first-order chi connectivity index (χ1) is 8.63. The molecule has 4 nitrogen and oxygen atoms in total. The summed E-state index contributed by atoms with van der Waals surface area (Å²) in [6, 6.07) is 1.82. The second kappa shape index (κ2) is 5.51. The summed E-state index contributed by atoms with van der Waals surface area (Å²) >= 11 is 0. The van der Waals surface area contributed by atoms with Gasteiger partial charge in [-0.2, -0.15) is 5.26 Å². The molecule has 98 valence electrons. The van der Waals surface area contributed by atoms with Crippen molar-refractivity contribution in [1.29, 1.82) is 5.26 Å². The van der Waals surface area contributed by atoms with E-state index in [0.29, 0.717) is 5.57 Å². The number of hydrogen-bond donors (Lipinski definition) is 1. The van der Waals surface area contributed by atoms with Crippen LogP contribution in [-0.4, -0.2) is 62.3 Å². The van der Waals surface area contributed by atoms with Crippen LogP contribution in [0.25, 0.3) is 0 Å². The van der Waals surface area contributed by atoms with Crippen molar-refractivity contribution in [3.8, 4) is 6.07 Å². The molecule has 0 amide bonds. The highest BCUT2D eigenvalue weighted by molar-refractivity contribution is 5.45. The topological polar surface area (TPSA) is 42.3 Å². The van der Waals surface area contributed by atoms with E-state index < -0.39 is 6.17 Å². The fourth-order valence-electron chi connectivity index (χ4n) is 2.46. The van der Waals surface area contributed by atoms with Crippen molar-refractivity contribution in [1.82, 2.24) is 15.1 Å². The average molecular weight is 250 g/mol. The Morgan fingerprint density at radius 3 is 2.61 bits per heavy atom. The molecule has 2 aliphatic rings. The molecule has 2 rings (SSSR count). The van der Waals surface area contributed by atoms with E-state index in [1.165, 1.54) is 6.08 Å². The van der Waals surface area contributed by atoms with Crippen LogP contribution in [0, 0.1) is 11.3 Å². The number of allylic oxidation sites excluding steroid dienone is 1. The Morgan fingerprint density at radius 1 is 1.39 bits per heavy atom. The molecule has 2 unspecified atom stereocenters. The van der Waals surface area contributed by atoms with Crippen LogP contribution in [-0.2, 0) is 0 Å². The van der Waals surface area contributed by atoms with Crippen LogP contribution in [0.2, 0.25) is 0 Å². The van der Waals surface area contributed by atoms with Crippen molar-refractivity contribution in [3.63, 3.8) is 0 Å². The maximum Gasteiger partial charge on any atom is 0.139 e. The molecule has 0 bridgehead atoms. The smallest absolute Gasteiger partial charge is 0.139 e.